The number of hydrogen-bond acceptors (Lipinski definition) is 4. The Morgan fingerprint density at radius 2 is 2.24 bits per heavy atom. The van der Waals surface area contributed by atoms with E-state index >= 15 is 0 Å². The van der Waals surface area contributed by atoms with Crippen LogP contribution in [0.5, 0.6) is 5.75 Å². The minimum atomic E-state index is -3.61. The lowest BCUT2D eigenvalue weighted by Gasteiger charge is -2.19. The lowest BCUT2D eigenvalue weighted by Crippen LogP contribution is -2.30. The highest BCUT2D eigenvalue weighted by Crippen LogP contribution is 2.33. The second-order valence-corrected chi connectivity index (χ2v) is 8.00. The van der Waals surface area contributed by atoms with E-state index in [4.69, 9.17) is 4.74 Å². The zero-order chi connectivity index (χ0) is 15.6. The molecule has 0 amide bonds. The summed E-state index contributed by atoms with van der Waals surface area (Å²) in [7, 11) is -3.61. The monoisotopic (exact) mass is 377 g/mol. The Morgan fingerprint density at radius 1 is 1.52 bits per heavy atom. The van der Waals surface area contributed by atoms with Crippen molar-refractivity contribution in [2.75, 3.05) is 19.7 Å². The van der Waals surface area contributed by atoms with Crippen LogP contribution in [0, 0.1) is 5.92 Å². The summed E-state index contributed by atoms with van der Waals surface area (Å²) in [6.07, 6.45) is 0.175. The number of sulfonamides is 1. The Bertz CT molecular complexity index is 603. The van der Waals surface area contributed by atoms with E-state index in [1.54, 1.807) is 25.1 Å². The molecule has 1 aliphatic rings. The fourth-order valence-electron chi connectivity index (χ4n) is 2.46. The molecule has 7 heteroatoms. The molecule has 1 fully saturated rings. The number of aliphatic hydroxyl groups excluding tert-OH is 1. The number of hydrogen-bond donors (Lipinski definition) is 1. The summed E-state index contributed by atoms with van der Waals surface area (Å²) >= 11 is 3.31. The maximum Gasteiger partial charge on any atom is 0.246 e. The molecule has 0 aromatic heterocycles. The van der Waals surface area contributed by atoms with Crippen LogP contribution in [-0.4, -0.2) is 43.6 Å². The van der Waals surface area contributed by atoms with Crippen molar-refractivity contribution in [1.29, 1.82) is 0 Å². The van der Waals surface area contributed by atoms with Gasteiger partial charge in [0.05, 0.1) is 12.7 Å². The maximum absolute atomic E-state index is 12.8. The largest absolute Gasteiger partial charge is 0.492 e. The van der Waals surface area contributed by atoms with Crippen molar-refractivity contribution in [1.82, 2.24) is 4.31 Å². The molecule has 0 radical (unpaired) electrons. The third-order valence-corrected chi connectivity index (χ3v) is 6.07. The Morgan fingerprint density at radius 3 is 2.81 bits per heavy atom. The zero-order valence-corrected chi connectivity index (χ0v) is 14.5. The minimum Gasteiger partial charge on any atom is -0.492 e. The number of rotatable bonds is 5. The molecule has 2 atom stereocenters. The molecule has 1 heterocycles. The number of halogens is 1. The third kappa shape index (κ3) is 3.59. The van der Waals surface area contributed by atoms with Gasteiger partial charge in [-0.2, -0.15) is 4.31 Å². The van der Waals surface area contributed by atoms with Crippen molar-refractivity contribution in [3.63, 3.8) is 0 Å². The summed E-state index contributed by atoms with van der Waals surface area (Å²) in [6, 6.07) is 4.98. The first-order chi connectivity index (χ1) is 9.86. The Hall–Kier alpha value is -0.630. The van der Waals surface area contributed by atoms with Crippen molar-refractivity contribution in [3.05, 3.63) is 22.7 Å². The van der Waals surface area contributed by atoms with Crippen molar-refractivity contribution in [2.45, 2.75) is 31.3 Å². The molecular weight excluding hydrogens is 358 g/mol. The van der Waals surface area contributed by atoms with Gasteiger partial charge in [0.2, 0.25) is 10.0 Å². The van der Waals surface area contributed by atoms with Crippen LogP contribution in [0.2, 0.25) is 0 Å². The summed E-state index contributed by atoms with van der Waals surface area (Å²) in [5.41, 5.74) is 0. The van der Waals surface area contributed by atoms with Gasteiger partial charge in [-0.25, -0.2) is 8.42 Å². The predicted octanol–water partition coefficient (Wildman–Crippen LogP) is 2.24. The average molecular weight is 378 g/mol. The van der Waals surface area contributed by atoms with Crippen molar-refractivity contribution in [2.24, 2.45) is 5.92 Å². The van der Waals surface area contributed by atoms with Gasteiger partial charge in [0, 0.05) is 17.6 Å². The highest BCUT2D eigenvalue weighted by molar-refractivity contribution is 9.10. The minimum absolute atomic E-state index is 0.0116. The Kier molecular flexibility index (Phi) is 5.29. The number of ether oxygens (including phenoxy) is 1. The molecule has 0 spiro atoms. The van der Waals surface area contributed by atoms with Gasteiger partial charge in [0.1, 0.15) is 10.6 Å². The van der Waals surface area contributed by atoms with Crippen LogP contribution in [0.1, 0.15) is 20.3 Å². The fourth-order valence-corrected chi connectivity index (χ4v) is 4.64. The lowest BCUT2D eigenvalue weighted by molar-refractivity contribution is 0.133. The quantitative estimate of drug-likeness (QED) is 0.854. The number of aliphatic hydroxyl groups is 1. The molecule has 0 bridgehead atoms. The first kappa shape index (κ1) is 16.7. The van der Waals surface area contributed by atoms with Crippen molar-refractivity contribution >= 4 is 26.0 Å². The van der Waals surface area contributed by atoms with Crippen LogP contribution in [0.15, 0.2) is 27.6 Å². The van der Waals surface area contributed by atoms with Crippen LogP contribution in [0.25, 0.3) is 0 Å². The van der Waals surface area contributed by atoms with Gasteiger partial charge in [-0.05, 0) is 44.4 Å². The van der Waals surface area contributed by atoms with Crippen LogP contribution >= 0.6 is 15.9 Å². The van der Waals surface area contributed by atoms with E-state index in [2.05, 4.69) is 15.9 Å². The van der Waals surface area contributed by atoms with E-state index in [1.807, 2.05) is 6.92 Å². The first-order valence-electron chi connectivity index (χ1n) is 6.96. The molecule has 1 aliphatic heterocycles. The Labute approximate surface area is 134 Å². The van der Waals surface area contributed by atoms with E-state index in [-0.39, 0.29) is 10.8 Å². The van der Waals surface area contributed by atoms with E-state index in [0.29, 0.717) is 36.3 Å². The molecule has 21 heavy (non-hydrogen) atoms. The van der Waals surface area contributed by atoms with E-state index in [9.17, 15) is 13.5 Å². The zero-order valence-electron chi connectivity index (χ0n) is 12.1. The summed E-state index contributed by atoms with van der Waals surface area (Å²) < 4.78 is 33.1. The highest BCUT2D eigenvalue weighted by Gasteiger charge is 2.36. The Balaban J connectivity index is 2.34. The normalized spacial score (nSPS) is 21.4. The van der Waals surface area contributed by atoms with E-state index in [1.165, 1.54) is 4.31 Å². The summed E-state index contributed by atoms with van der Waals surface area (Å²) in [6.45, 7) is 4.69. The number of nitrogens with zero attached hydrogens (tertiary/aromatic N) is 1. The molecule has 5 nitrogen and oxygen atoms in total. The van der Waals surface area contributed by atoms with E-state index < -0.39 is 16.1 Å². The molecule has 1 saturated heterocycles. The molecule has 118 valence electrons. The fraction of sp³-hybridized carbons (Fsp3) is 0.571. The average Bonchev–Trinajstić information content (AvgIpc) is 2.91. The van der Waals surface area contributed by atoms with Crippen molar-refractivity contribution in [3.8, 4) is 5.75 Å². The second-order valence-electron chi connectivity index (χ2n) is 5.18. The standard InChI is InChI=1S/C14H20BrNO4S/c1-3-20-13-5-4-12(15)8-14(13)21(18,19)16-7-6-11(9-16)10(2)17/h4-5,8,10-11,17H,3,6-7,9H2,1-2H3. The summed E-state index contributed by atoms with van der Waals surface area (Å²) in [5, 5.41) is 9.64. The van der Waals surface area contributed by atoms with E-state index in [0.717, 1.165) is 0 Å². The van der Waals surface area contributed by atoms with Crippen LogP contribution in [0.3, 0.4) is 0 Å². The molecule has 1 aromatic rings. The predicted molar refractivity (Wildman–Crippen MR) is 83.9 cm³/mol. The van der Waals surface area contributed by atoms with Crippen LogP contribution < -0.4 is 4.74 Å². The van der Waals surface area contributed by atoms with Gasteiger partial charge in [0.25, 0.3) is 0 Å². The van der Waals surface area contributed by atoms with Gasteiger partial charge >= 0.3 is 0 Å². The van der Waals surface area contributed by atoms with Gasteiger partial charge in [-0.3, -0.25) is 0 Å². The van der Waals surface area contributed by atoms with Gasteiger partial charge in [-0.1, -0.05) is 15.9 Å². The highest BCUT2D eigenvalue weighted by atomic mass is 79.9. The molecule has 0 aliphatic carbocycles. The second kappa shape index (κ2) is 6.64. The first-order valence-corrected chi connectivity index (χ1v) is 9.20. The summed E-state index contributed by atoms with van der Waals surface area (Å²) in [5.74, 6) is 0.351. The van der Waals surface area contributed by atoms with Crippen LogP contribution in [0.4, 0.5) is 0 Å². The molecule has 2 unspecified atom stereocenters. The topological polar surface area (TPSA) is 66.8 Å². The SMILES string of the molecule is CCOc1ccc(Br)cc1S(=O)(=O)N1CCC(C(C)O)C1. The third-order valence-electron chi connectivity index (χ3n) is 3.69. The van der Waals surface area contributed by atoms with Crippen LogP contribution in [-0.2, 0) is 10.0 Å². The molecule has 1 aromatic carbocycles. The van der Waals surface area contributed by atoms with Gasteiger partial charge in [0.15, 0.2) is 0 Å². The smallest absolute Gasteiger partial charge is 0.246 e. The summed E-state index contributed by atoms with van der Waals surface area (Å²) in [4.78, 5) is 0.171. The van der Waals surface area contributed by atoms with Gasteiger partial charge < -0.3 is 9.84 Å². The number of benzene rings is 1. The maximum atomic E-state index is 12.8. The van der Waals surface area contributed by atoms with Gasteiger partial charge in [-0.15, -0.1) is 0 Å². The molecule has 1 N–H and O–H groups in total. The van der Waals surface area contributed by atoms with Crippen molar-refractivity contribution < 1.29 is 18.3 Å². The molecule has 2 rings (SSSR count). The lowest BCUT2D eigenvalue weighted by atomic mass is 10.0. The molecule has 0 saturated carbocycles. The molecular formula is C14H20BrNO4S.